The molecule has 5 nitrogen and oxygen atoms in total. The number of carbonyl (C=O) groups excluding carboxylic acids is 1. The number of ether oxygens (including phenoxy) is 1. The summed E-state index contributed by atoms with van der Waals surface area (Å²) in [6, 6.07) is 15.3. The van der Waals surface area contributed by atoms with E-state index in [0.29, 0.717) is 39.9 Å². The first-order valence-electron chi connectivity index (χ1n) is 11.1. The van der Waals surface area contributed by atoms with Gasteiger partial charge in [-0.2, -0.15) is 0 Å². The number of aryl methyl sites for hydroxylation is 1. The lowest BCUT2D eigenvalue weighted by atomic mass is 9.86. The number of halogens is 3. The number of imidazole rings is 1. The quantitative estimate of drug-likeness (QED) is 0.364. The van der Waals surface area contributed by atoms with Crippen molar-refractivity contribution in [1.82, 2.24) is 9.13 Å². The number of aromatic nitrogens is 2. The molecule has 1 aliphatic rings. The average Bonchev–Trinajstić information content (AvgIpc) is 3.15. The predicted octanol–water partition coefficient (Wildman–Crippen LogP) is 5.90. The number of benzene rings is 3. The summed E-state index contributed by atoms with van der Waals surface area (Å²) in [5.74, 6) is -0.241. The molecule has 0 saturated carbocycles. The summed E-state index contributed by atoms with van der Waals surface area (Å²) in [7, 11) is 1.81. The third kappa shape index (κ3) is 4.64. The van der Waals surface area contributed by atoms with Crippen molar-refractivity contribution in [3.8, 4) is 16.9 Å². The van der Waals surface area contributed by atoms with Crippen LogP contribution in [-0.4, -0.2) is 21.5 Å². The highest BCUT2D eigenvalue weighted by Crippen LogP contribution is 2.39. The molecule has 1 unspecified atom stereocenters. The third-order valence-corrected chi connectivity index (χ3v) is 7.00. The van der Waals surface area contributed by atoms with E-state index in [1.165, 1.54) is 12.1 Å². The summed E-state index contributed by atoms with van der Waals surface area (Å²) in [4.78, 5) is 13.6. The lowest BCUT2D eigenvalue weighted by Crippen LogP contribution is -2.30. The molecule has 1 N–H and O–H groups in total. The Kier molecular flexibility index (Phi) is 6.26. The lowest BCUT2D eigenvalue weighted by molar-refractivity contribution is 0.0831. The van der Waals surface area contributed by atoms with Gasteiger partial charge in [-0.25, -0.2) is 4.39 Å². The summed E-state index contributed by atoms with van der Waals surface area (Å²) >= 11 is 12.2. The van der Waals surface area contributed by atoms with E-state index >= 15 is 0 Å². The van der Waals surface area contributed by atoms with Gasteiger partial charge in [0.2, 0.25) is 5.62 Å². The summed E-state index contributed by atoms with van der Waals surface area (Å²) in [6.07, 6.45) is 4.10. The van der Waals surface area contributed by atoms with Crippen LogP contribution in [0.2, 0.25) is 10.0 Å². The van der Waals surface area contributed by atoms with Crippen LogP contribution >= 0.6 is 23.2 Å². The van der Waals surface area contributed by atoms with Gasteiger partial charge in [0, 0.05) is 25.0 Å². The average molecular weight is 510 g/mol. The van der Waals surface area contributed by atoms with Crippen LogP contribution in [-0.2, 0) is 20.0 Å². The van der Waals surface area contributed by atoms with Gasteiger partial charge in [0.1, 0.15) is 11.6 Å². The van der Waals surface area contributed by atoms with Gasteiger partial charge < -0.3 is 13.9 Å². The lowest BCUT2D eigenvalue weighted by Gasteiger charge is -2.27. The van der Waals surface area contributed by atoms with Gasteiger partial charge in [-0.3, -0.25) is 10.2 Å². The Morgan fingerprint density at radius 1 is 1.00 bits per heavy atom. The van der Waals surface area contributed by atoms with E-state index in [1.54, 1.807) is 40.4 Å². The van der Waals surface area contributed by atoms with E-state index in [2.05, 4.69) is 0 Å². The van der Waals surface area contributed by atoms with Gasteiger partial charge in [0.15, 0.2) is 5.78 Å². The monoisotopic (exact) mass is 509 g/mol. The molecule has 178 valence electrons. The fraction of sp³-hybridized carbons (Fsp3) is 0.185. The number of nitrogens with one attached hydrogen (secondary N) is 1. The zero-order valence-electron chi connectivity index (χ0n) is 18.9. The van der Waals surface area contributed by atoms with Crippen LogP contribution in [0.15, 0.2) is 67.0 Å². The van der Waals surface area contributed by atoms with E-state index in [1.807, 2.05) is 30.6 Å². The Morgan fingerprint density at radius 3 is 2.43 bits per heavy atom. The number of ketones is 1. The normalized spacial score (nSPS) is 15.1. The molecule has 2 heterocycles. The second-order valence-corrected chi connectivity index (χ2v) is 9.53. The minimum Gasteiger partial charge on any atom is -0.491 e. The van der Waals surface area contributed by atoms with Crippen molar-refractivity contribution >= 4 is 29.0 Å². The van der Waals surface area contributed by atoms with Crippen LogP contribution in [0.4, 0.5) is 4.39 Å². The molecule has 0 saturated heterocycles. The van der Waals surface area contributed by atoms with Crippen molar-refractivity contribution in [1.29, 1.82) is 5.41 Å². The molecule has 0 radical (unpaired) electrons. The fourth-order valence-electron chi connectivity index (χ4n) is 4.39. The molecule has 0 aliphatic carbocycles. The minimum atomic E-state index is -0.382. The van der Waals surface area contributed by atoms with Crippen LogP contribution in [0.25, 0.3) is 11.1 Å². The van der Waals surface area contributed by atoms with Crippen molar-refractivity contribution < 1.29 is 13.9 Å². The van der Waals surface area contributed by atoms with Crippen molar-refractivity contribution in [3.63, 3.8) is 0 Å². The highest BCUT2D eigenvalue weighted by atomic mass is 35.5. The number of Topliss-reactive ketones (excluding diaryl/α,β-unsaturated/α-hetero) is 1. The molecule has 1 atom stereocenters. The summed E-state index contributed by atoms with van der Waals surface area (Å²) in [6.45, 7) is 0.635. The topological polar surface area (TPSA) is 60.0 Å². The van der Waals surface area contributed by atoms with E-state index < -0.39 is 0 Å². The van der Waals surface area contributed by atoms with Crippen molar-refractivity contribution in [2.75, 3.05) is 6.61 Å². The molecule has 3 aromatic carbocycles. The van der Waals surface area contributed by atoms with Crippen LogP contribution in [0.3, 0.4) is 0 Å². The van der Waals surface area contributed by atoms with Gasteiger partial charge >= 0.3 is 0 Å². The zero-order chi connectivity index (χ0) is 24.7. The first-order valence-corrected chi connectivity index (χ1v) is 11.9. The third-order valence-electron chi connectivity index (χ3n) is 6.26. The van der Waals surface area contributed by atoms with Crippen molar-refractivity contribution in [2.45, 2.75) is 13.0 Å². The standard InChI is InChI=1S/C27H22Cl2FN3O2/c1-32-8-9-33(27(32)31)14-17-11-21(18-3-5-20(30)6-4-18)26-22(12-17)25(34)19(15-35-26)10-16-2-7-23(28)24(29)13-16/h2-9,11-13,19,31H,10,14-15H2,1H3. The molecule has 4 aromatic rings. The van der Waals surface area contributed by atoms with Crippen LogP contribution in [0.5, 0.6) is 5.75 Å². The number of fused-ring (bicyclic) bond motifs is 1. The maximum atomic E-state index is 13.6. The Labute approximate surface area is 211 Å². The zero-order valence-corrected chi connectivity index (χ0v) is 20.4. The molecule has 1 aliphatic heterocycles. The van der Waals surface area contributed by atoms with E-state index in [-0.39, 0.29) is 24.1 Å². The second kappa shape index (κ2) is 9.36. The maximum absolute atomic E-state index is 13.6. The highest BCUT2D eigenvalue weighted by Gasteiger charge is 2.31. The first kappa shape index (κ1) is 23.4. The van der Waals surface area contributed by atoms with Crippen LogP contribution in [0.1, 0.15) is 21.5 Å². The Hall–Kier alpha value is -3.35. The molecular weight excluding hydrogens is 488 g/mol. The number of carbonyl (C=O) groups is 1. The molecule has 0 amide bonds. The van der Waals surface area contributed by atoms with Gasteiger partial charge in [-0.1, -0.05) is 41.4 Å². The smallest absolute Gasteiger partial charge is 0.202 e. The van der Waals surface area contributed by atoms with E-state index in [0.717, 1.165) is 22.3 Å². The molecule has 0 spiro atoms. The van der Waals surface area contributed by atoms with Gasteiger partial charge in [-0.05, 0) is 59.5 Å². The maximum Gasteiger partial charge on any atom is 0.202 e. The van der Waals surface area contributed by atoms with E-state index in [9.17, 15) is 9.18 Å². The number of rotatable bonds is 5. The SMILES string of the molecule is Cn1ccn(Cc2cc3c(c(-c4ccc(F)cc4)c2)OCC(Cc2ccc(Cl)c(Cl)c2)C3=O)c1=N. The minimum absolute atomic E-state index is 0.0216. The largest absolute Gasteiger partial charge is 0.491 e. The molecule has 0 bridgehead atoms. The van der Waals surface area contributed by atoms with Crippen LogP contribution < -0.4 is 10.4 Å². The highest BCUT2D eigenvalue weighted by molar-refractivity contribution is 6.42. The molecule has 35 heavy (non-hydrogen) atoms. The summed E-state index contributed by atoms with van der Waals surface area (Å²) < 4.78 is 23.3. The summed E-state index contributed by atoms with van der Waals surface area (Å²) in [5, 5.41) is 9.17. The molecule has 5 rings (SSSR count). The number of nitrogens with zero attached hydrogens (tertiary/aromatic N) is 2. The van der Waals surface area contributed by atoms with E-state index in [4.69, 9.17) is 33.3 Å². The number of hydrogen-bond donors (Lipinski definition) is 1. The van der Waals surface area contributed by atoms with Gasteiger partial charge in [0.05, 0.1) is 34.7 Å². The van der Waals surface area contributed by atoms with Crippen LogP contribution in [0, 0.1) is 17.1 Å². The molecule has 1 aromatic heterocycles. The summed E-state index contributed by atoms with van der Waals surface area (Å²) in [5.41, 5.74) is 4.05. The first-order chi connectivity index (χ1) is 16.8. The Morgan fingerprint density at radius 2 is 1.74 bits per heavy atom. The second-order valence-electron chi connectivity index (χ2n) is 8.71. The van der Waals surface area contributed by atoms with Crippen molar-refractivity contribution in [3.05, 3.63) is 105 Å². The predicted molar refractivity (Wildman–Crippen MR) is 134 cm³/mol. The van der Waals surface area contributed by atoms with Gasteiger partial charge in [-0.15, -0.1) is 0 Å². The molecule has 0 fully saturated rings. The Balaban J connectivity index is 1.55. The molecular formula is C27H22Cl2FN3O2. The van der Waals surface area contributed by atoms with Gasteiger partial charge in [0.25, 0.3) is 0 Å². The fourth-order valence-corrected chi connectivity index (χ4v) is 4.71. The number of hydrogen-bond acceptors (Lipinski definition) is 3. The van der Waals surface area contributed by atoms with Crippen molar-refractivity contribution in [2.24, 2.45) is 13.0 Å². The Bertz CT molecular complexity index is 1490. The molecule has 8 heteroatoms.